The van der Waals surface area contributed by atoms with E-state index >= 15 is 0 Å². The number of piperidine rings is 1. The van der Waals surface area contributed by atoms with E-state index in [2.05, 4.69) is 4.72 Å². The molecule has 1 heterocycles. The maximum atomic E-state index is 12.3. The first-order valence-corrected chi connectivity index (χ1v) is 9.70. The van der Waals surface area contributed by atoms with E-state index < -0.39 is 22.1 Å². The van der Waals surface area contributed by atoms with Crippen LogP contribution in [-0.2, 0) is 15.0 Å². The second-order valence-electron chi connectivity index (χ2n) is 5.45. The van der Waals surface area contributed by atoms with Gasteiger partial charge in [-0.3, -0.25) is 4.79 Å². The predicted molar refractivity (Wildman–Crippen MR) is 78.9 cm³/mol. The van der Waals surface area contributed by atoms with Crippen LogP contribution in [0, 0.1) is 5.92 Å². The molecule has 1 aliphatic carbocycles. The van der Waals surface area contributed by atoms with Crippen LogP contribution in [-0.4, -0.2) is 54.4 Å². The lowest BCUT2D eigenvalue weighted by atomic mass is 9.99. The Morgan fingerprint density at radius 3 is 2.45 bits per heavy atom. The van der Waals surface area contributed by atoms with Crippen molar-refractivity contribution in [2.75, 3.05) is 19.3 Å². The number of carboxylic acid groups (broad SMARTS) is 1. The van der Waals surface area contributed by atoms with Crippen LogP contribution < -0.4 is 4.72 Å². The molecule has 0 aromatic carbocycles. The summed E-state index contributed by atoms with van der Waals surface area (Å²) in [4.78, 5) is 10.9. The van der Waals surface area contributed by atoms with Crippen LogP contribution in [0.5, 0.6) is 0 Å². The van der Waals surface area contributed by atoms with Crippen LogP contribution >= 0.6 is 11.8 Å². The molecule has 1 saturated heterocycles. The van der Waals surface area contributed by atoms with Crippen LogP contribution in [0.1, 0.15) is 32.1 Å². The molecule has 2 N–H and O–H groups in total. The topological polar surface area (TPSA) is 86.7 Å². The van der Waals surface area contributed by atoms with Gasteiger partial charge in [0, 0.05) is 24.4 Å². The van der Waals surface area contributed by atoms with Crippen LogP contribution in [0.2, 0.25) is 0 Å². The second kappa shape index (κ2) is 6.64. The lowest BCUT2D eigenvalue weighted by Crippen LogP contribution is -2.50. The number of thioether (sulfide) groups is 1. The molecule has 6 nitrogen and oxygen atoms in total. The number of aliphatic carboxylic acids is 1. The molecule has 0 aromatic rings. The molecule has 0 bridgehead atoms. The first kappa shape index (κ1) is 16.1. The molecule has 2 unspecified atom stereocenters. The van der Waals surface area contributed by atoms with E-state index in [9.17, 15) is 13.2 Å². The molecule has 116 valence electrons. The summed E-state index contributed by atoms with van der Waals surface area (Å²) in [5.41, 5.74) is 0. The molecule has 0 amide bonds. The normalized spacial score (nSPS) is 29.6. The number of hydrogen-bond donors (Lipinski definition) is 2. The van der Waals surface area contributed by atoms with Crippen LogP contribution in [0.3, 0.4) is 0 Å². The highest BCUT2D eigenvalue weighted by Gasteiger charge is 2.35. The van der Waals surface area contributed by atoms with Gasteiger partial charge in [0.1, 0.15) is 0 Å². The number of nitrogens with zero attached hydrogens (tertiary/aromatic N) is 1. The van der Waals surface area contributed by atoms with Crippen LogP contribution in [0.4, 0.5) is 0 Å². The van der Waals surface area contributed by atoms with Crippen molar-refractivity contribution in [1.82, 2.24) is 9.03 Å². The van der Waals surface area contributed by atoms with E-state index in [4.69, 9.17) is 5.11 Å². The van der Waals surface area contributed by atoms with Crippen LogP contribution in [0.25, 0.3) is 0 Å². The van der Waals surface area contributed by atoms with Gasteiger partial charge in [-0.1, -0.05) is 6.42 Å². The Kier molecular flexibility index (Phi) is 5.33. The van der Waals surface area contributed by atoms with Crippen molar-refractivity contribution in [3.63, 3.8) is 0 Å². The summed E-state index contributed by atoms with van der Waals surface area (Å²) in [7, 11) is -3.48. The van der Waals surface area contributed by atoms with E-state index in [-0.39, 0.29) is 6.04 Å². The molecular weight excluding hydrogens is 300 g/mol. The largest absolute Gasteiger partial charge is 0.481 e. The zero-order valence-corrected chi connectivity index (χ0v) is 13.3. The molecule has 2 atom stereocenters. The van der Waals surface area contributed by atoms with Gasteiger partial charge in [-0.15, -0.1) is 0 Å². The summed E-state index contributed by atoms with van der Waals surface area (Å²) in [5, 5.41) is 9.29. The highest BCUT2D eigenvalue weighted by molar-refractivity contribution is 7.99. The number of nitrogens with one attached hydrogen (secondary N) is 1. The number of carbonyl (C=O) groups is 1. The van der Waals surface area contributed by atoms with Crippen molar-refractivity contribution in [2.24, 2.45) is 5.92 Å². The molecule has 1 aliphatic heterocycles. The Morgan fingerprint density at radius 2 is 1.90 bits per heavy atom. The first-order chi connectivity index (χ1) is 9.44. The maximum absolute atomic E-state index is 12.3. The molecule has 2 fully saturated rings. The molecule has 0 spiro atoms. The smallest absolute Gasteiger partial charge is 0.306 e. The Morgan fingerprint density at radius 1 is 1.25 bits per heavy atom. The maximum Gasteiger partial charge on any atom is 0.306 e. The molecule has 8 heteroatoms. The van der Waals surface area contributed by atoms with Gasteiger partial charge >= 0.3 is 5.97 Å². The minimum Gasteiger partial charge on any atom is -0.481 e. The fraction of sp³-hybridized carbons (Fsp3) is 0.917. The van der Waals surface area contributed by atoms with E-state index in [0.29, 0.717) is 31.2 Å². The van der Waals surface area contributed by atoms with Gasteiger partial charge in [0.25, 0.3) is 10.2 Å². The minimum atomic E-state index is -3.48. The monoisotopic (exact) mass is 322 g/mol. The van der Waals surface area contributed by atoms with Crippen molar-refractivity contribution >= 4 is 27.9 Å². The highest BCUT2D eigenvalue weighted by Crippen LogP contribution is 2.29. The third kappa shape index (κ3) is 3.66. The Hall–Kier alpha value is -0.310. The van der Waals surface area contributed by atoms with Gasteiger partial charge in [0.2, 0.25) is 0 Å². The van der Waals surface area contributed by atoms with E-state index in [1.165, 1.54) is 4.31 Å². The molecule has 2 aliphatic rings. The SMILES string of the molecule is CSC1CCCC1NS(=O)(=O)N1CCC(C(=O)O)CC1. The molecule has 2 rings (SSSR count). The molecular formula is C12H22N2O4S2. The van der Waals surface area contributed by atoms with Crippen molar-refractivity contribution < 1.29 is 18.3 Å². The summed E-state index contributed by atoms with van der Waals surface area (Å²) >= 11 is 1.71. The van der Waals surface area contributed by atoms with Gasteiger partial charge in [-0.25, -0.2) is 0 Å². The predicted octanol–water partition coefficient (Wildman–Crippen LogP) is 0.901. The van der Waals surface area contributed by atoms with Gasteiger partial charge in [-0.2, -0.15) is 29.2 Å². The fourth-order valence-electron chi connectivity index (χ4n) is 2.95. The fourth-order valence-corrected chi connectivity index (χ4v) is 5.48. The Balaban J connectivity index is 1.93. The van der Waals surface area contributed by atoms with Crippen molar-refractivity contribution in [3.05, 3.63) is 0 Å². The first-order valence-electron chi connectivity index (χ1n) is 6.97. The zero-order valence-electron chi connectivity index (χ0n) is 11.6. The van der Waals surface area contributed by atoms with Gasteiger partial charge in [0.05, 0.1) is 5.92 Å². The molecule has 0 radical (unpaired) electrons. The number of carboxylic acids is 1. The lowest BCUT2D eigenvalue weighted by molar-refractivity contribution is -0.142. The standard InChI is InChI=1S/C12H22N2O4S2/c1-19-11-4-2-3-10(11)13-20(17,18)14-7-5-9(6-8-14)12(15)16/h9-11,13H,2-8H2,1H3,(H,15,16). The van der Waals surface area contributed by atoms with Crippen molar-refractivity contribution in [3.8, 4) is 0 Å². The summed E-state index contributed by atoms with van der Waals surface area (Å²) in [6.07, 6.45) is 5.79. The Labute approximate surface area is 124 Å². The van der Waals surface area contributed by atoms with Crippen LogP contribution in [0.15, 0.2) is 0 Å². The molecule has 0 aromatic heterocycles. The number of hydrogen-bond acceptors (Lipinski definition) is 4. The summed E-state index contributed by atoms with van der Waals surface area (Å²) in [6.45, 7) is 0.589. The second-order valence-corrected chi connectivity index (χ2v) is 8.23. The third-order valence-corrected chi connectivity index (χ3v) is 7.01. The van der Waals surface area contributed by atoms with E-state index in [0.717, 1.165) is 19.3 Å². The molecule has 20 heavy (non-hydrogen) atoms. The zero-order chi connectivity index (χ0) is 14.8. The quantitative estimate of drug-likeness (QED) is 0.785. The average molecular weight is 322 g/mol. The van der Waals surface area contributed by atoms with Gasteiger partial charge in [0.15, 0.2) is 0 Å². The third-order valence-electron chi connectivity index (χ3n) is 4.20. The molecule has 1 saturated carbocycles. The number of rotatable bonds is 5. The average Bonchev–Trinajstić information content (AvgIpc) is 2.85. The van der Waals surface area contributed by atoms with E-state index in [1.54, 1.807) is 11.8 Å². The van der Waals surface area contributed by atoms with Crippen molar-refractivity contribution in [2.45, 2.75) is 43.4 Å². The lowest BCUT2D eigenvalue weighted by Gasteiger charge is -2.31. The minimum absolute atomic E-state index is 0.00666. The van der Waals surface area contributed by atoms with Gasteiger partial charge in [-0.05, 0) is 31.9 Å². The highest BCUT2D eigenvalue weighted by atomic mass is 32.2. The van der Waals surface area contributed by atoms with Gasteiger partial charge < -0.3 is 5.11 Å². The summed E-state index contributed by atoms with van der Waals surface area (Å²) in [5.74, 6) is -1.24. The Bertz CT molecular complexity index is 446. The van der Waals surface area contributed by atoms with E-state index in [1.807, 2.05) is 6.26 Å². The van der Waals surface area contributed by atoms with Crippen molar-refractivity contribution in [1.29, 1.82) is 0 Å². The summed E-state index contributed by atoms with van der Waals surface area (Å²) < 4.78 is 28.9. The summed E-state index contributed by atoms with van der Waals surface area (Å²) in [6, 6.07) is 0.00666.